The minimum Gasteiger partial charge on any atom is -0.0622 e. The van der Waals surface area contributed by atoms with Crippen LogP contribution in [0.2, 0.25) is 0 Å². The van der Waals surface area contributed by atoms with E-state index in [-0.39, 0.29) is 18.1 Å². The minimum absolute atomic E-state index is 0.0188. The number of rotatable bonds is 1. The second kappa shape index (κ2) is 3.22. The molecule has 0 aromatic heterocycles. The summed E-state index contributed by atoms with van der Waals surface area (Å²) in [7, 11) is 0. The standard InChI is InChI=1S/C12H10/c1-3-7-11(8-4-1)12-9-5-2-6-10-12/h1-10H/i1D,3D,4D. The van der Waals surface area contributed by atoms with Gasteiger partial charge in [0.25, 0.3) is 0 Å². The molecule has 0 atom stereocenters. The SMILES string of the molecule is [2H]c1cc(-c2ccccc2)cc([2H])c1[2H]. The van der Waals surface area contributed by atoms with Crippen molar-refractivity contribution in [2.24, 2.45) is 0 Å². The van der Waals surface area contributed by atoms with Crippen LogP contribution in [0.15, 0.2) is 60.6 Å². The Morgan fingerprint density at radius 3 is 1.92 bits per heavy atom. The van der Waals surface area contributed by atoms with Crippen LogP contribution in [-0.2, 0) is 0 Å². The van der Waals surface area contributed by atoms with E-state index in [0.29, 0.717) is 0 Å². The van der Waals surface area contributed by atoms with Crippen LogP contribution in [0.25, 0.3) is 11.1 Å². The molecule has 2 aromatic carbocycles. The smallest absolute Gasteiger partial charge is 0.0622 e. The van der Waals surface area contributed by atoms with E-state index in [1.54, 1.807) is 12.1 Å². The third-order valence-electron chi connectivity index (χ3n) is 1.71. The summed E-state index contributed by atoms with van der Waals surface area (Å²) in [4.78, 5) is 0. The summed E-state index contributed by atoms with van der Waals surface area (Å²) < 4.78 is 22.5. The predicted octanol–water partition coefficient (Wildman–Crippen LogP) is 3.35. The molecule has 0 unspecified atom stereocenters. The van der Waals surface area contributed by atoms with Crippen LogP contribution in [0, 0.1) is 0 Å². The van der Waals surface area contributed by atoms with Crippen molar-refractivity contribution in [1.82, 2.24) is 0 Å². The molecule has 0 bridgehead atoms. The maximum atomic E-state index is 7.54. The Bertz CT molecular complexity index is 454. The van der Waals surface area contributed by atoms with Gasteiger partial charge in [-0.3, -0.25) is 0 Å². The molecule has 0 radical (unpaired) electrons. The van der Waals surface area contributed by atoms with Crippen molar-refractivity contribution in [3.05, 3.63) is 60.6 Å². The molecule has 0 heterocycles. The topological polar surface area (TPSA) is 0 Å². The fourth-order valence-electron chi connectivity index (χ4n) is 1.11. The molecule has 2 aromatic rings. The highest BCUT2D eigenvalue weighted by Crippen LogP contribution is 2.17. The zero-order valence-electron chi connectivity index (χ0n) is 9.54. The lowest BCUT2D eigenvalue weighted by Crippen LogP contribution is -1.73. The highest BCUT2D eigenvalue weighted by molar-refractivity contribution is 5.62. The second-order valence-electron chi connectivity index (χ2n) is 2.52. The summed E-state index contributed by atoms with van der Waals surface area (Å²) in [5.41, 5.74) is 1.79. The molecule has 0 aliphatic rings. The Morgan fingerprint density at radius 1 is 0.667 bits per heavy atom. The van der Waals surface area contributed by atoms with Gasteiger partial charge in [-0.15, -0.1) is 0 Å². The van der Waals surface area contributed by atoms with Gasteiger partial charge in [0.1, 0.15) is 0 Å². The van der Waals surface area contributed by atoms with Crippen molar-refractivity contribution in [3.63, 3.8) is 0 Å². The monoisotopic (exact) mass is 157 g/mol. The first-order chi connectivity index (χ1) is 7.18. The molecule has 0 nitrogen and oxygen atoms in total. The molecule has 0 heteroatoms. The van der Waals surface area contributed by atoms with Crippen molar-refractivity contribution in [3.8, 4) is 11.1 Å². The van der Waals surface area contributed by atoms with Gasteiger partial charge in [-0.25, -0.2) is 0 Å². The van der Waals surface area contributed by atoms with Crippen molar-refractivity contribution >= 4 is 0 Å². The van der Waals surface area contributed by atoms with Gasteiger partial charge in [0.2, 0.25) is 0 Å². The fourth-order valence-corrected chi connectivity index (χ4v) is 1.11. The molecule has 0 N–H and O–H groups in total. The molecular formula is C12H10. The number of hydrogen-bond acceptors (Lipinski definition) is 0. The maximum Gasteiger partial charge on any atom is 0.0623 e. The summed E-state index contributed by atoms with van der Waals surface area (Å²) >= 11 is 0. The lowest BCUT2D eigenvalue weighted by Gasteiger charge is -1.98. The average Bonchev–Trinajstić information content (AvgIpc) is 2.26. The van der Waals surface area contributed by atoms with Crippen LogP contribution >= 0.6 is 0 Å². The Balaban J connectivity index is 2.56. The van der Waals surface area contributed by atoms with Crippen LogP contribution < -0.4 is 0 Å². The van der Waals surface area contributed by atoms with E-state index < -0.39 is 0 Å². The zero-order valence-corrected chi connectivity index (χ0v) is 6.54. The minimum atomic E-state index is -0.0188. The van der Waals surface area contributed by atoms with Gasteiger partial charge in [0.05, 0.1) is 4.11 Å². The lowest BCUT2D eigenvalue weighted by molar-refractivity contribution is 1.62. The lowest BCUT2D eigenvalue weighted by atomic mass is 10.1. The molecule has 0 saturated heterocycles. The molecule has 0 saturated carbocycles. The third-order valence-corrected chi connectivity index (χ3v) is 1.71. The largest absolute Gasteiger partial charge is 0.0623 e. The molecule has 0 fully saturated rings. The van der Waals surface area contributed by atoms with Gasteiger partial charge >= 0.3 is 0 Å². The Hall–Kier alpha value is -1.56. The van der Waals surface area contributed by atoms with Crippen LogP contribution in [0.3, 0.4) is 0 Å². The first-order valence-corrected chi connectivity index (χ1v) is 3.82. The van der Waals surface area contributed by atoms with E-state index in [1.165, 1.54) is 0 Å². The van der Waals surface area contributed by atoms with Crippen molar-refractivity contribution < 1.29 is 4.11 Å². The maximum absolute atomic E-state index is 7.54. The first-order valence-electron chi connectivity index (χ1n) is 5.32. The van der Waals surface area contributed by atoms with Crippen LogP contribution in [0.1, 0.15) is 4.11 Å². The Labute approximate surface area is 76.7 Å². The second-order valence-corrected chi connectivity index (χ2v) is 2.52. The fraction of sp³-hybridized carbons (Fsp3) is 0. The molecule has 12 heavy (non-hydrogen) atoms. The van der Waals surface area contributed by atoms with E-state index >= 15 is 0 Å². The summed E-state index contributed by atoms with van der Waals surface area (Å²) in [5, 5.41) is 0. The number of hydrogen-bond donors (Lipinski definition) is 0. The Morgan fingerprint density at radius 2 is 1.25 bits per heavy atom. The van der Waals surface area contributed by atoms with E-state index in [9.17, 15) is 0 Å². The highest BCUT2D eigenvalue weighted by atomic mass is 14.0. The van der Waals surface area contributed by atoms with Crippen molar-refractivity contribution in [2.45, 2.75) is 0 Å². The predicted molar refractivity (Wildman–Crippen MR) is 51.9 cm³/mol. The van der Waals surface area contributed by atoms with E-state index in [4.69, 9.17) is 4.11 Å². The van der Waals surface area contributed by atoms with Gasteiger partial charge in [-0.2, -0.15) is 0 Å². The normalized spacial score (nSPS) is 13.2. The quantitative estimate of drug-likeness (QED) is 0.595. The molecule has 0 spiro atoms. The first kappa shape index (κ1) is 4.46. The molecule has 0 aliphatic carbocycles. The Kier molecular flexibility index (Phi) is 1.20. The summed E-state index contributed by atoms with van der Waals surface area (Å²) in [6.07, 6.45) is 0. The highest BCUT2D eigenvalue weighted by Gasteiger charge is 1.91. The van der Waals surface area contributed by atoms with Crippen molar-refractivity contribution in [2.75, 3.05) is 0 Å². The van der Waals surface area contributed by atoms with Gasteiger partial charge < -0.3 is 0 Å². The van der Waals surface area contributed by atoms with Crippen LogP contribution in [-0.4, -0.2) is 0 Å². The molecule has 58 valence electrons. The number of benzene rings is 2. The molecule has 0 amide bonds. The van der Waals surface area contributed by atoms with E-state index in [1.807, 2.05) is 30.3 Å². The van der Waals surface area contributed by atoms with Crippen LogP contribution in [0.5, 0.6) is 0 Å². The summed E-state index contributed by atoms with van der Waals surface area (Å²) in [5.74, 6) is 0. The van der Waals surface area contributed by atoms with Gasteiger partial charge in [0.15, 0.2) is 0 Å². The van der Waals surface area contributed by atoms with Crippen molar-refractivity contribution in [1.29, 1.82) is 0 Å². The van der Waals surface area contributed by atoms with E-state index in [2.05, 4.69) is 0 Å². The van der Waals surface area contributed by atoms with E-state index in [0.717, 1.165) is 11.1 Å². The summed E-state index contributed by atoms with van der Waals surface area (Å²) in [6.45, 7) is 0. The molecular weight excluding hydrogens is 144 g/mol. The van der Waals surface area contributed by atoms with Gasteiger partial charge in [-0.1, -0.05) is 60.6 Å². The third kappa shape index (κ3) is 1.37. The molecule has 0 aliphatic heterocycles. The molecule has 2 rings (SSSR count). The van der Waals surface area contributed by atoms with Crippen LogP contribution in [0.4, 0.5) is 0 Å². The average molecular weight is 157 g/mol. The zero-order chi connectivity index (χ0) is 10.8. The summed E-state index contributed by atoms with van der Waals surface area (Å²) in [6, 6.07) is 13.0. The van der Waals surface area contributed by atoms with Gasteiger partial charge in [0, 0.05) is 0 Å². The van der Waals surface area contributed by atoms with Gasteiger partial charge in [-0.05, 0) is 11.1 Å².